The van der Waals surface area contributed by atoms with E-state index in [1.165, 1.54) is 11.8 Å². The summed E-state index contributed by atoms with van der Waals surface area (Å²) in [5, 5.41) is 5.47. The monoisotopic (exact) mass is 461 g/mol. The van der Waals surface area contributed by atoms with Crippen LogP contribution in [0.4, 0.5) is 5.69 Å². The van der Waals surface area contributed by atoms with E-state index in [1.54, 1.807) is 86.1 Å². The molecule has 2 amide bonds. The van der Waals surface area contributed by atoms with E-state index >= 15 is 0 Å². The number of ether oxygens (including phenoxy) is 1. The quantitative estimate of drug-likeness (QED) is 0.282. The average Bonchev–Trinajstić information content (AvgIpc) is 2.84. The number of thioether (sulfide) groups is 1. The maximum Gasteiger partial charge on any atom is 0.316 e. The molecule has 2 N–H and O–H groups in total. The van der Waals surface area contributed by atoms with Gasteiger partial charge in [0.15, 0.2) is 0 Å². The van der Waals surface area contributed by atoms with Crippen LogP contribution in [0.15, 0.2) is 89.7 Å². The van der Waals surface area contributed by atoms with E-state index in [0.717, 1.165) is 4.90 Å². The Kier molecular flexibility index (Phi) is 8.79. The zero-order valence-electron chi connectivity index (χ0n) is 18.0. The van der Waals surface area contributed by atoms with Crippen molar-refractivity contribution >= 4 is 41.3 Å². The SMILES string of the molecule is CCOC(=O)CSc1ccc(NC(=O)/C(=C/c2cccnc2)NC(=O)c2ccccc2)cc1. The van der Waals surface area contributed by atoms with E-state index in [4.69, 9.17) is 4.74 Å². The molecule has 0 spiro atoms. The van der Waals surface area contributed by atoms with Gasteiger partial charge >= 0.3 is 5.97 Å². The Morgan fingerprint density at radius 3 is 2.42 bits per heavy atom. The van der Waals surface area contributed by atoms with E-state index in [9.17, 15) is 14.4 Å². The highest BCUT2D eigenvalue weighted by molar-refractivity contribution is 8.00. The van der Waals surface area contributed by atoms with Crippen LogP contribution in [-0.4, -0.2) is 35.1 Å². The second-order valence-corrected chi connectivity index (χ2v) is 7.79. The number of benzene rings is 2. The fraction of sp³-hybridized carbons (Fsp3) is 0.120. The van der Waals surface area contributed by atoms with E-state index < -0.39 is 11.8 Å². The third-order valence-corrected chi connectivity index (χ3v) is 5.28. The number of anilines is 1. The van der Waals surface area contributed by atoms with Gasteiger partial charge in [0.2, 0.25) is 0 Å². The number of amides is 2. The van der Waals surface area contributed by atoms with Crippen molar-refractivity contribution in [2.24, 2.45) is 0 Å². The van der Waals surface area contributed by atoms with Crippen LogP contribution in [0, 0.1) is 0 Å². The molecule has 0 fully saturated rings. The number of hydrogen-bond donors (Lipinski definition) is 2. The van der Waals surface area contributed by atoms with Gasteiger partial charge in [-0.1, -0.05) is 24.3 Å². The van der Waals surface area contributed by atoms with Crippen LogP contribution >= 0.6 is 11.8 Å². The van der Waals surface area contributed by atoms with Crippen molar-refractivity contribution in [2.45, 2.75) is 11.8 Å². The lowest BCUT2D eigenvalue weighted by Crippen LogP contribution is -2.30. The summed E-state index contributed by atoms with van der Waals surface area (Å²) in [7, 11) is 0. The van der Waals surface area contributed by atoms with Gasteiger partial charge in [0, 0.05) is 28.5 Å². The first-order valence-corrected chi connectivity index (χ1v) is 11.2. The molecule has 0 radical (unpaired) electrons. The fourth-order valence-corrected chi connectivity index (χ4v) is 3.44. The van der Waals surface area contributed by atoms with Crippen LogP contribution < -0.4 is 10.6 Å². The molecule has 0 aliphatic heterocycles. The molecule has 33 heavy (non-hydrogen) atoms. The van der Waals surface area contributed by atoms with Gasteiger partial charge in [-0.2, -0.15) is 0 Å². The van der Waals surface area contributed by atoms with Crippen molar-refractivity contribution < 1.29 is 19.1 Å². The number of nitrogens with zero attached hydrogens (tertiary/aromatic N) is 1. The van der Waals surface area contributed by atoms with E-state index in [-0.39, 0.29) is 17.4 Å². The number of hydrogen-bond acceptors (Lipinski definition) is 6. The van der Waals surface area contributed by atoms with Gasteiger partial charge in [-0.15, -0.1) is 11.8 Å². The smallest absolute Gasteiger partial charge is 0.316 e. The molecule has 3 rings (SSSR count). The third kappa shape index (κ3) is 7.62. The molecule has 0 saturated carbocycles. The summed E-state index contributed by atoms with van der Waals surface area (Å²) in [4.78, 5) is 42.0. The molecule has 0 saturated heterocycles. The van der Waals surface area contributed by atoms with Gasteiger partial charge < -0.3 is 15.4 Å². The van der Waals surface area contributed by atoms with Gasteiger partial charge in [-0.25, -0.2) is 0 Å². The Morgan fingerprint density at radius 2 is 1.76 bits per heavy atom. The van der Waals surface area contributed by atoms with Gasteiger partial charge in [-0.3, -0.25) is 19.4 Å². The number of aromatic nitrogens is 1. The molecule has 0 atom stereocenters. The number of nitrogens with one attached hydrogen (secondary N) is 2. The maximum absolute atomic E-state index is 13.0. The van der Waals surface area contributed by atoms with Crippen molar-refractivity contribution in [2.75, 3.05) is 17.7 Å². The van der Waals surface area contributed by atoms with Crippen LogP contribution in [0.5, 0.6) is 0 Å². The van der Waals surface area contributed by atoms with Crippen LogP contribution in [-0.2, 0) is 14.3 Å². The van der Waals surface area contributed by atoms with Crippen molar-refractivity contribution in [3.63, 3.8) is 0 Å². The first-order chi connectivity index (χ1) is 16.0. The van der Waals surface area contributed by atoms with Gasteiger partial charge in [0.05, 0.1) is 12.4 Å². The number of pyridine rings is 1. The highest BCUT2D eigenvalue weighted by Gasteiger charge is 2.15. The fourth-order valence-electron chi connectivity index (χ4n) is 2.75. The Hall–Kier alpha value is -3.91. The van der Waals surface area contributed by atoms with Crippen LogP contribution in [0.1, 0.15) is 22.8 Å². The molecular weight excluding hydrogens is 438 g/mol. The van der Waals surface area contributed by atoms with E-state index in [2.05, 4.69) is 15.6 Å². The number of carbonyl (C=O) groups excluding carboxylic acids is 3. The molecule has 7 nitrogen and oxygen atoms in total. The number of rotatable bonds is 9. The summed E-state index contributed by atoms with van der Waals surface area (Å²) in [6.07, 6.45) is 4.78. The van der Waals surface area contributed by atoms with Gasteiger partial charge in [0.25, 0.3) is 11.8 Å². The summed E-state index contributed by atoms with van der Waals surface area (Å²) in [6.45, 7) is 2.11. The van der Waals surface area contributed by atoms with Crippen LogP contribution in [0.25, 0.3) is 6.08 Å². The van der Waals surface area contributed by atoms with Crippen molar-refractivity contribution in [3.8, 4) is 0 Å². The first-order valence-electron chi connectivity index (χ1n) is 10.2. The molecule has 2 aromatic carbocycles. The molecule has 1 heterocycles. The largest absolute Gasteiger partial charge is 0.465 e. The van der Waals surface area contributed by atoms with Crippen LogP contribution in [0.3, 0.4) is 0 Å². The average molecular weight is 462 g/mol. The predicted octanol–water partition coefficient (Wildman–Crippen LogP) is 4.15. The molecule has 8 heteroatoms. The molecule has 1 aromatic heterocycles. The van der Waals surface area contributed by atoms with Crippen molar-refractivity contribution in [1.29, 1.82) is 0 Å². The zero-order chi connectivity index (χ0) is 23.5. The Labute approximate surface area is 196 Å². The van der Waals surface area contributed by atoms with Crippen molar-refractivity contribution in [1.82, 2.24) is 10.3 Å². The molecule has 0 bridgehead atoms. The minimum absolute atomic E-state index is 0.0811. The summed E-state index contributed by atoms with van der Waals surface area (Å²) in [5.41, 5.74) is 1.73. The minimum atomic E-state index is -0.477. The summed E-state index contributed by atoms with van der Waals surface area (Å²) in [6, 6.07) is 19.2. The maximum atomic E-state index is 13.0. The first kappa shape index (κ1) is 23.7. The van der Waals surface area contributed by atoms with Crippen molar-refractivity contribution in [3.05, 3.63) is 95.9 Å². The molecule has 0 aliphatic carbocycles. The Bertz CT molecular complexity index is 1120. The number of esters is 1. The molecule has 168 valence electrons. The van der Waals surface area contributed by atoms with Crippen LogP contribution in [0.2, 0.25) is 0 Å². The standard InChI is InChI=1S/C25H23N3O4S/c1-2-32-23(29)17-33-21-12-10-20(11-13-21)27-25(31)22(15-18-7-6-14-26-16-18)28-24(30)19-8-4-3-5-9-19/h3-16H,2,17H2,1H3,(H,27,31)(H,28,30)/b22-15-. The highest BCUT2D eigenvalue weighted by atomic mass is 32.2. The third-order valence-electron chi connectivity index (χ3n) is 4.30. The molecule has 3 aromatic rings. The minimum Gasteiger partial charge on any atom is -0.465 e. The van der Waals surface area contributed by atoms with Gasteiger partial charge in [0.1, 0.15) is 5.70 Å². The van der Waals surface area contributed by atoms with E-state index in [0.29, 0.717) is 23.4 Å². The second-order valence-electron chi connectivity index (χ2n) is 6.74. The molecule has 0 aliphatic rings. The second kappa shape index (κ2) is 12.2. The highest BCUT2D eigenvalue weighted by Crippen LogP contribution is 2.21. The molecule has 0 unspecified atom stereocenters. The zero-order valence-corrected chi connectivity index (χ0v) is 18.8. The predicted molar refractivity (Wildman–Crippen MR) is 129 cm³/mol. The Balaban J connectivity index is 1.71. The molecular formula is C25H23N3O4S. The summed E-state index contributed by atoms with van der Waals surface area (Å²) < 4.78 is 4.92. The lowest BCUT2D eigenvalue weighted by atomic mass is 10.2. The normalized spacial score (nSPS) is 10.9. The topological polar surface area (TPSA) is 97.4 Å². The number of carbonyl (C=O) groups is 3. The summed E-state index contributed by atoms with van der Waals surface area (Å²) >= 11 is 1.35. The van der Waals surface area contributed by atoms with Gasteiger partial charge in [-0.05, 0) is 61.0 Å². The Morgan fingerprint density at radius 1 is 1.00 bits per heavy atom. The van der Waals surface area contributed by atoms with E-state index in [1.807, 2.05) is 6.07 Å². The summed E-state index contributed by atoms with van der Waals surface area (Å²) in [5.74, 6) is -0.941. The lowest BCUT2D eigenvalue weighted by Gasteiger charge is -2.12. The lowest BCUT2D eigenvalue weighted by molar-refractivity contribution is -0.139.